The number of hydrogen-bond donors (Lipinski definition) is 1. The zero-order chi connectivity index (χ0) is 19.0. The Morgan fingerprint density at radius 3 is 1.56 bits per heavy atom. The van der Waals surface area contributed by atoms with Crippen molar-refractivity contribution in [2.75, 3.05) is 14.2 Å². The first-order valence-corrected chi connectivity index (χ1v) is 8.70. The average Bonchev–Trinajstić information content (AvgIpc) is 2.53. The number of benzene rings is 1. The molecule has 0 amide bonds. The summed E-state index contributed by atoms with van der Waals surface area (Å²) in [7, 11) is 3.39. The molecular weight excluding hydrogens is 310 g/mol. The molecule has 1 aromatic rings. The molecule has 0 bridgehead atoms. The fourth-order valence-corrected chi connectivity index (χ4v) is 3.20. The Labute approximate surface area is 152 Å². The van der Waals surface area contributed by atoms with Crippen molar-refractivity contribution in [3.05, 3.63) is 53.1 Å². The lowest BCUT2D eigenvalue weighted by Crippen LogP contribution is -2.36. The van der Waals surface area contributed by atoms with Crippen LogP contribution in [0.2, 0.25) is 0 Å². The monoisotopic (exact) mass is 341 g/mol. The van der Waals surface area contributed by atoms with E-state index in [1.807, 2.05) is 24.3 Å². The molecule has 1 aromatic carbocycles. The number of ether oxygens (including phenoxy) is 2. The molecule has 25 heavy (non-hydrogen) atoms. The van der Waals surface area contributed by atoms with Gasteiger partial charge in [0, 0.05) is 7.11 Å². The predicted molar refractivity (Wildman–Crippen MR) is 104 cm³/mol. The van der Waals surface area contributed by atoms with Gasteiger partial charge in [0.05, 0.1) is 12.8 Å². The van der Waals surface area contributed by atoms with Gasteiger partial charge >= 0.3 is 0 Å². The minimum Gasteiger partial charge on any atom is -0.497 e. The molecule has 0 fully saturated rings. The maximum atomic E-state index is 8.78. The highest BCUT2D eigenvalue weighted by molar-refractivity contribution is 6.13. The van der Waals surface area contributed by atoms with E-state index in [4.69, 9.17) is 14.9 Å². The molecular formula is C22H31NO2. The van der Waals surface area contributed by atoms with Crippen molar-refractivity contribution in [3.8, 4) is 5.75 Å². The molecule has 0 radical (unpaired) electrons. The van der Waals surface area contributed by atoms with E-state index < -0.39 is 5.60 Å². The summed E-state index contributed by atoms with van der Waals surface area (Å²) >= 11 is 0. The van der Waals surface area contributed by atoms with E-state index in [0.29, 0.717) is 5.71 Å². The van der Waals surface area contributed by atoms with Crippen LogP contribution in [0.3, 0.4) is 0 Å². The van der Waals surface area contributed by atoms with Crippen molar-refractivity contribution >= 4 is 5.71 Å². The van der Waals surface area contributed by atoms with Crippen molar-refractivity contribution in [1.82, 2.24) is 0 Å². The fraction of sp³-hybridized carbons (Fsp3) is 0.500. The Balaban J connectivity index is 2.72. The molecule has 1 aliphatic carbocycles. The average molecular weight is 341 g/mol. The second kappa shape index (κ2) is 6.45. The highest BCUT2D eigenvalue weighted by atomic mass is 16.5. The summed E-state index contributed by atoms with van der Waals surface area (Å²) in [5.41, 5.74) is 2.71. The van der Waals surface area contributed by atoms with Gasteiger partial charge in [0.15, 0.2) is 0 Å². The number of allylic oxidation sites excluding steroid dienone is 2. The lowest BCUT2D eigenvalue weighted by molar-refractivity contribution is 0.0689. The van der Waals surface area contributed by atoms with Crippen LogP contribution >= 0.6 is 0 Å². The van der Waals surface area contributed by atoms with Crippen molar-refractivity contribution < 1.29 is 9.47 Å². The Morgan fingerprint density at radius 1 is 0.800 bits per heavy atom. The summed E-state index contributed by atoms with van der Waals surface area (Å²) in [5, 5.41) is 8.78. The van der Waals surface area contributed by atoms with Gasteiger partial charge in [0.1, 0.15) is 11.4 Å². The maximum Gasteiger partial charge on any atom is 0.130 e. The van der Waals surface area contributed by atoms with Gasteiger partial charge < -0.3 is 14.9 Å². The molecule has 136 valence electrons. The molecule has 3 heteroatoms. The molecule has 0 heterocycles. The van der Waals surface area contributed by atoms with Gasteiger partial charge in [-0.05, 0) is 51.8 Å². The molecule has 0 atom stereocenters. The first-order chi connectivity index (χ1) is 11.4. The first kappa shape index (κ1) is 19.5. The fourth-order valence-electron chi connectivity index (χ4n) is 3.20. The van der Waals surface area contributed by atoms with Crippen LogP contribution in [0.15, 0.2) is 47.6 Å². The molecule has 1 aliphatic rings. The number of nitrogens with one attached hydrogen (secondary N) is 1. The van der Waals surface area contributed by atoms with Crippen LogP contribution in [0.4, 0.5) is 0 Å². The summed E-state index contributed by atoms with van der Waals surface area (Å²) in [6.45, 7) is 12.9. The Morgan fingerprint density at radius 2 is 1.24 bits per heavy atom. The maximum absolute atomic E-state index is 8.78. The minimum absolute atomic E-state index is 0.141. The SMILES string of the molecule is COc1ccc(C2(OC)C=C(C(C)(C)C)C(=N)C(C(C)(C)C)=C2)cc1. The zero-order valence-electron chi connectivity index (χ0n) is 16.8. The van der Waals surface area contributed by atoms with Gasteiger partial charge in [-0.1, -0.05) is 53.7 Å². The van der Waals surface area contributed by atoms with E-state index in [-0.39, 0.29) is 10.8 Å². The molecule has 0 unspecified atom stereocenters. The molecule has 0 aromatic heterocycles. The van der Waals surface area contributed by atoms with E-state index in [9.17, 15) is 0 Å². The zero-order valence-corrected chi connectivity index (χ0v) is 16.8. The Hall–Kier alpha value is -1.87. The minimum atomic E-state index is -0.679. The van der Waals surface area contributed by atoms with Crippen LogP contribution in [0, 0.1) is 16.2 Å². The van der Waals surface area contributed by atoms with Crippen molar-refractivity contribution in [2.24, 2.45) is 10.8 Å². The molecule has 0 saturated carbocycles. The third-order valence-electron chi connectivity index (χ3n) is 4.75. The van der Waals surface area contributed by atoms with Gasteiger partial charge in [-0.2, -0.15) is 0 Å². The second-order valence-electron chi connectivity index (χ2n) is 8.72. The Bertz CT molecular complexity index is 676. The summed E-state index contributed by atoms with van der Waals surface area (Å²) in [6, 6.07) is 7.96. The van der Waals surface area contributed by atoms with Crippen LogP contribution in [0.5, 0.6) is 5.75 Å². The number of methoxy groups -OCH3 is 2. The predicted octanol–water partition coefficient (Wildman–Crippen LogP) is 5.52. The standard InChI is InChI=1S/C22H31NO2/c1-20(2,3)17-13-22(25-8,14-18(19(17)23)21(4,5)6)15-9-11-16(24-7)12-10-15/h9-14,23H,1-8H3. The lowest BCUT2D eigenvalue weighted by atomic mass is 9.68. The van der Waals surface area contributed by atoms with E-state index in [0.717, 1.165) is 22.5 Å². The number of hydrogen-bond acceptors (Lipinski definition) is 3. The molecule has 3 nitrogen and oxygen atoms in total. The van der Waals surface area contributed by atoms with E-state index in [1.54, 1.807) is 14.2 Å². The highest BCUT2D eigenvalue weighted by Crippen LogP contribution is 2.45. The first-order valence-electron chi connectivity index (χ1n) is 8.70. The highest BCUT2D eigenvalue weighted by Gasteiger charge is 2.40. The van der Waals surface area contributed by atoms with Crippen molar-refractivity contribution in [3.63, 3.8) is 0 Å². The van der Waals surface area contributed by atoms with Gasteiger partial charge in [0.25, 0.3) is 0 Å². The van der Waals surface area contributed by atoms with E-state index in [1.165, 1.54) is 0 Å². The molecule has 2 rings (SSSR count). The van der Waals surface area contributed by atoms with Gasteiger partial charge in [-0.3, -0.25) is 0 Å². The van der Waals surface area contributed by atoms with Crippen LogP contribution < -0.4 is 4.74 Å². The molecule has 0 saturated heterocycles. The topological polar surface area (TPSA) is 42.3 Å². The quantitative estimate of drug-likeness (QED) is 0.787. The normalized spacial score (nSPS) is 21.7. The third-order valence-corrected chi connectivity index (χ3v) is 4.75. The van der Waals surface area contributed by atoms with Crippen LogP contribution in [-0.2, 0) is 10.3 Å². The lowest BCUT2D eigenvalue weighted by Gasteiger charge is -2.40. The number of rotatable bonds is 3. The van der Waals surface area contributed by atoms with Crippen LogP contribution in [0.25, 0.3) is 0 Å². The molecule has 1 N–H and O–H groups in total. The molecule has 0 aliphatic heterocycles. The van der Waals surface area contributed by atoms with Crippen LogP contribution in [0.1, 0.15) is 47.1 Å². The summed E-state index contributed by atoms with van der Waals surface area (Å²) < 4.78 is 11.3. The van der Waals surface area contributed by atoms with Gasteiger partial charge in [-0.15, -0.1) is 0 Å². The Kier molecular flexibility index (Phi) is 5.02. The van der Waals surface area contributed by atoms with Gasteiger partial charge in [0.2, 0.25) is 0 Å². The van der Waals surface area contributed by atoms with Gasteiger partial charge in [-0.25, -0.2) is 0 Å². The van der Waals surface area contributed by atoms with E-state index >= 15 is 0 Å². The van der Waals surface area contributed by atoms with Crippen LogP contribution in [-0.4, -0.2) is 19.9 Å². The summed E-state index contributed by atoms with van der Waals surface area (Å²) in [6.07, 6.45) is 4.21. The smallest absolute Gasteiger partial charge is 0.130 e. The largest absolute Gasteiger partial charge is 0.497 e. The summed E-state index contributed by atoms with van der Waals surface area (Å²) in [4.78, 5) is 0. The third kappa shape index (κ3) is 3.72. The molecule has 0 spiro atoms. The van der Waals surface area contributed by atoms with Crippen molar-refractivity contribution in [2.45, 2.75) is 47.1 Å². The van der Waals surface area contributed by atoms with Crippen molar-refractivity contribution in [1.29, 1.82) is 5.41 Å². The summed E-state index contributed by atoms with van der Waals surface area (Å²) in [5.74, 6) is 0.818. The second-order valence-corrected chi connectivity index (χ2v) is 8.72. The van der Waals surface area contributed by atoms with E-state index in [2.05, 4.69) is 53.7 Å².